The van der Waals surface area contributed by atoms with Crippen molar-refractivity contribution in [1.82, 2.24) is 4.98 Å². The summed E-state index contributed by atoms with van der Waals surface area (Å²) in [4.78, 5) is 40.3. The number of aromatic amines is 1. The minimum atomic E-state index is -0.606. The molecule has 2 amide bonds. The molecule has 2 aromatic rings. The van der Waals surface area contributed by atoms with Crippen LogP contribution < -0.4 is 20.5 Å². The molecule has 0 radical (unpaired) electrons. The van der Waals surface area contributed by atoms with E-state index >= 15 is 0 Å². The Morgan fingerprint density at radius 2 is 2.12 bits per heavy atom. The van der Waals surface area contributed by atoms with E-state index in [4.69, 9.17) is 4.74 Å². The van der Waals surface area contributed by atoms with E-state index < -0.39 is 11.7 Å². The Morgan fingerprint density at radius 3 is 2.92 bits per heavy atom. The van der Waals surface area contributed by atoms with Crippen LogP contribution in [0, 0.1) is 0 Å². The fourth-order valence-electron chi connectivity index (χ4n) is 2.57. The lowest BCUT2D eigenvalue weighted by Crippen LogP contribution is -2.45. The van der Waals surface area contributed by atoms with Gasteiger partial charge < -0.3 is 19.9 Å². The summed E-state index contributed by atoms with van der Waals surface area (Å²) >= 11 is 3.23. The van der Waals surface area contributed by atoms with Gasteiger partial charge >= 0.3 is 0 Å². The van der Waals surface area contributed by atoms with Crippen molar-refractivity contribution in [1.29, 1.82) is 0 Å². The Kier molecular flexibility index (Phi) is 4.89. The number of pyridine rings is 1. The quantitative estimate of drug-likeness (QED) is 0.815. The van der Waals surface area contributed by atoms with Crippen LogP contribution in [0.2, 0.25) is 0 Å². The summed E-state index contributed by atoms with van der Waals surface area (Å²) in [6.07, 6.45) is 0.937. The molecular formula is C17H16BrN3O4. The van der Waals surface area contributed by atoms with Gasteiger partial charge in [0.1, 0.15) is 11.4 Å². The fourth-order valence-corrected chi connectivity index (χ4v) is 2.91. The molecule has 25 heavy (non-hydrogen) atoms. The van der Waals surface area contributed by atoms with Gasteiger partial charge in [0.15, 0.2) is 6.10 Å². The Hall–Kier alpha value is -2.61. The largest absolute Gasteiger partial charge is 0.479 e. The van der Waals surface area contributed by atoms with Crippen molar-refractivity contribution in [2.45, 2.75) is 19.4 Å². The summed E-state index contributed by atoms with van der Waals surface area (Å²) in [6, 6.07) is 8.71. The molecule has 1 aromatic heterocycles. The van der Waals surface area contributed by atoms with E-state index in [2.05, 4.69) is 26.2 Å². The minimum Gasteiger partial charge on any atom is -0.479 e. The monoisotopic (exact) mass is 405 g/mol. The molecular weight excluding hydrogens is 390 g/mol. The van der Waals surface area contributed by atoms with Gasteiger partial charge in [-0.3, -0.25) is 14.4 Å². The van der Waals surface area contributed by atoms with E-state index in [-0.39, 0.29) is 30.5 Å². The van der Waals surface area contributed by atoms with Gasteiger partial charge in [-0.15, -0.1) is 0 Å². The van der Waals surface area contributed by atoms with Crippen LogP contribution in [0.4, 0.5) is 11.4 Å². The number of ether oxygens (including phenoxy) is 1. The zero-order chi connectivity index (χ0) is 18.0. The SMILES string of the molecule is CC1Oc2ccccc2N(CCC(=O)Nc2cc(Br)c[nH]c2=O)C1=O. The first-order chi connectivity index (χ1) is 12.0. The highest BCUT2D eigenvalue weighted by Gasteiger charge is 2.31. The zero-order valence-electron chi connectivity index (χ0n) is 13.4. The van der Waals surface area contributed by atoms with Crippen molar-refractivity contribution >= 4 is 39.1 Å². The first-order valence-corrected chi connectivity index (χ1v) is 8.50. The molecule has 7 nitrogen and oxygen atoms in total. The maximum absolute atomic E-state index is 12.4. The topological polar surface area (TPSA) is 91.5 Å². The Morgan fingerprint density at radius 1 is 1.36 bits per heavy atom. The maximum Gasteiger partial charge on any atom is 0.271 e. The van der Waals surface area contributed by atoms with E-state index in [1.807, 2.05) is 6.07 Å². The molecule has 0 aliphatic carbocycles. The molecule has 0 bridgehead atoms. The van der Waals surface area contributed by atoms with Crippen LogP contribution in [-0.4, -0.2) is 29.4 Å². The molecule has 3 rings (SSSR count). The third-order valence-corrected chi connectivity index (χ3v) is 4.24. The lowest BCUT2D eigenvalue weighted by molar-refractivity contribution is -0.125. The van der Waals surface area contributed by atoms with Crippen molar-refractivity contribution in [3.8, 4) is 5.75 Å². The Balaban J connectivity index is 1.70. The molecule has 1 atom stereocenters. The van der Waals surface area contributed by atoms with Crippen LogP contribution in [0.25, 0.3) is 0 Å². The molecule has 0 fully saturated rings. The van der Waals surface area contributed by atoms with E-state index in [9.17, 15) is 14.4 Å². The highest BCUT2D eigenvalue weighted by atomic mass is 79.9. The molecule has 0 saturated carbocycles. The molecule has 1 aliphatic rings. The highest BCUT2D eigenvalue weighted by molar-refractivity contribution is 9.10. The summed E-state index contributed by atoms with van der Waals surface area (Å²) in [5.74, 6) is 0.0540. The average molecular weight is 406 g/mol. The van der Waals surface area contributed by atoms with Crippen LogP contribution in [0.3, 0.4) is 0 Å². The number of carbonyl (C=O) groups is 2. The van der Waals surface area contributed by atoms with Crippen molar-refractivity contribution in [3.63, 3.8) is 0 Å². The molecule has 1 aliphatic heterocycles. The number of benzene rings is 1. The second-order valence-corrected chi connectivity index (χ2v) is 6.49. The average Bonchev–Trinajstić information content (AvgIpc) is 2.58. The summed E-state index contributed by atoms with van der Waals surface area (Å²) < 4.78 is 6.21. The van der Waals surface area contributed by atoms with Crippen LogP contribution >= 0.6 is 15.9 Å². The van der Waals surface area contributed by atoms with Crippen molar-refractivity contribution < 1.29 is 14.3 Å². The second kappa shape index (κ2) is 7.10. The molecule has 130 valence electrons. The van der Waals surface area contributed by atoms with Gasteiger partial charge in [-0.1, -0.05) is 12.1 Å². The number of carbonyl (C=O) groups excluding carboxylic acids is 2. The van der Waals surface area contributed by atoms with Gasteiger partial charge in [0.05, 0.1) is 5.69 Å². The smallest absolute Gasteiger partial charge is 0.271 e. The molecule has 8 heteroatoms. The predicted octanol–water partition coefficient (Wildman–Crippen LogP) is 2.28. The molecule has 0 saturated heterocycles. The van der Waals surface area contributed by atoms with Crippen LogP contribution in [0.1, 0.15) is 13.3 Å². The van der Waals surface area contributed by atoms with E-state index in [1.165, 1.54) is 17.2 Å². The van der Waals surface area contributed by atoms with Gasteiger partial charge in [-0.25, -0.2) is 0 Å². The lowest BCUT2D eigenvalue weighted by Gasteiger charge is -2.32. The number of halogens is 1. The third-order valence-electron chi connectivity index (χ3n) is 3.78. The number of H-pyrrole nitrogens is 1. The van der Waals surface area contributed by atoms with Crippen LogP contribution in [0.15, 0.2) is 45.8 Å². The number of amides is 2. The maximum atomic E-state index is 12.4. The van der Waals surface area contributed by atoms with Gasteiger partial charge in [0.25, 0.3) is 11.5 Å². The normalized spacial score (nSPS) is 16.2. The predicted molar refractivity (Wildman–Crippen MR) is 96.9 cm³/mol. The number of fused-ring (bicyclic) bond motifs is 1. The first kappa shape index (κ1) is 17.2. The third kappa shape index (κ3) is 3.74. The molecule has 0 spiro atoms. The standard InChI is InChI=1S/C17H16BrN3O4/c1-10-17(24)21(13-4-2-3-5-14(13)25-10)7-6-15(22)20-12-8-11(18)9-19-16(12)23/h2-5,8-10H,6-7H2,1H3,(H,19,23)(H,20,22). The van der Waals surface area contributed by atoms with Gasteiger partial charge in [-0.2, -0.15) is 0 Å². The van der Waals surface area contributed by atoms with Gasteiger partial charge in [-0.05, 0) is 41.1 Å². The fraction of sp³-hybridized carbons (Fsp3) is 0.235. The number of para-hydroxylation sites is 2. The van der Waals surface area contributed by atoms with Gasteiger partial charge in [0.2, 0.25) is 5.91 Å². The number of nitrogens with zero attached hydrogens (tertiary/aromatic N) is 1. The number of rotatable bonds is 4. The second-order valence-electron chi connectivity index (χ2n) is 5.58. The molecule has 2 heterocycles. The Labute approximate surface area is 152 Å². The number of hydrogen-bond acceptors (Lipinski definition) is 4. The van der Waals surface area contributed by atoms with Crippen molar-refractivity contribution in [2.24, 2.45) is 0 Å². The summed E-state index contributed by atoms with van der Waals surface area (Å²) in [6.45, 7) is 1.87. The lowest BCUT2D eigenvalue weighted by atomic mass is 10.1. The molecule has 1 unspecified atom stereocenters. The van der Waals surface area contributed by atoms with E-state index in [0.717, 1.165) is 0 Å². The Bertz CT molecular complexity index is 880. The number of nitrogens with one attached hydrogen (secondary N) is 2. The highest BCUT2D eigenvalue weighted by Crippen LogP contribution is 2.33. The van der Waals surface area contributed by atoms with Crippen LogP contribution in [-0.2, 0) is 9.59 Å². The number of hydrogen-bond donors (Lipinski definition) is 2. The molecule has 2 N–H and O–H groups in total. The number of anilines is 2. The first-order valence-electron chi connectivity index (χ1n) is 7.71. The van der Waals surface area contributed by atoms with E-state index in [0.29, 0.717) is 15.9 Å². The summed E-state index contributed by atoms with van der Waals surface area (Å²) in [5, 5.41) is 2.56. The van der Waals surface area contributed by atoms with Crippen LogP contribution in [0.5, 0.6) is 5.75 Å². The summed E-state index contributed by atoms with van der Waals surface area (Å²) in [7, 11) is 0. The minimum absolute atomic E-state index is 0.0543. The van der Waals surface area contributed by atoms with Crippen molar-refractivity contribution in [2.75, 3.05) is 16.8 Å². The summed E-state index contributed by atoms with van der Waals surface area (Å²) in [5.41, 5.74) is 0.401. The number of aromatic nitrogens is 1. The van der Waals surface area contributed by atoms with Crippen molar-refractivity contribution in [3.05, 3.63) is 51.4 Å². The van der Waals surface area contributed by atoms with E-state index in [1.54, 1.807) is 25.1 Å². The zero-order valence-corrected chi connectivity index (χ0v) is 15.0. The molecule has 1 aromatic carbocycles. The van der Waals surface area contributed by atoms with Gasteiger partial charge in [0, 0.05) is 23.6 Å².